The SMILES string of the molecule is COc1cc(/C=N\NC(=O)CN(c2ccc(C)c(C)c2)S(=O)(=O)c2ccc(C)cc2)ccc1OCc1ccccc1. The second kappa shape index (κ2) is 13.1. The number of hydrogen-bond donors (Lipinski definition) is 1. The summed E-state index contributed by atoms with van der Waals surface area (Å²) in [6, 6.07) is 26.9. The maximum absolute atomic E-state index is 13.6. The van der Waals surface area contributed by atoms with Crippen LogP contribution in [0.15, 0.2) is 101 Å². The molecule has 1 amide bonds. The normalized spacial score (nSPS) is 11.3. The summed E-state index contributed by atoms with van der Waals surface area (Å²) in [5.41, 5.74) is 7.38. The number of carbonyl (C=O) groups excluding carboxylic acids is 1. The van der Waals surface area contributed by atoms with Gasteiger partial charge in [-0.2, -0.15) is 5.10 Å². The lowest BCUT2D eigenvalue weighted by Crippen LogP contribution is -2.39. The van der Waals surface area contributed by atoms with Gasteiger partial charge in [0, 0.05) is 0 Å². The number of hydrogen-bond acceptors (Lipinski definition) is 6. The number of nitrogens with one attached hydrogen (secondary N) is 1. The van der Waals surface area contributed by atoms with Crippen molar-refractivity contribution in [2.24, 2.45) is 5.10 Å². The number of hydrazone groups is 1. The molecule has 0 unspecified atom stereocenters. The first-order valence-electron chi connectivity index (χ1n) is 13.0. The van der Waals surface area contributed by atoms with E-state index < -0.39 is 22.5 Å². The van der Waals surface area contributed by atoms with Crippen LogP contribution in [0, 0.1) is 20.8 Å². The summed E-state index contributed by atoms with van der Waals surface area (Å²) < 4.78 is 39.6. The molecular formula is C32H33N3O5S. The molecule has 0 bridgehead atoms. The predicted octanol–water partition coefficient (Wildman–Crippen LogP) is 5.55. The van der Waals surface area contributed by atoms with E-state index in [0.717, 1.165) is 26.6 Å². The van der Waals surface area contributed by atoms with Crippen molar-refractivity contribution < 1.29 is 22.7 Å². The number of benzene rings is 4. The largest absolute Gasteiger partial charge is 0.493 e. The smallest absolute Gasteiger partial charge is 0.264 e. The molecule has 4 aromatic carbocycles. The Morgan fingerprint density at radius 2 is 1.61 bits per heavy atom. The Labute approximate surface area is 241 Å². The summed E-state index contributed by atoms with van der Waals surface area (Å²) in [5.74, 6) is 0.495. The van der Waals surface area contributed by atoms with Gasteiger partial charge in [0.15, 0.2) is 11.5 Å². The Hall–Kier alpha value is -4.63. The van der Waals surface area contributed by atoms with Gasteiger partial charge in [0.05, 0.1) is 23.9 Å². The molecule has 0 aliphatic rings. The molecule has 0 aliphatic carbocycles. The minimum absolute atomic E-state index is 0.0966. The number of nitrogens with zero attached hydrogens (tertiary/aromatic N) is 2. The van der Waals surface area contributed by atoms with Gasteiger partial charge < -0.3 is 9.47 Å². The molecule has 0 aliphatic heterocycles. The molecular weight excluding hydrogens is 538 g/mol. The van der Waals surface area contributed by atoms with Crippen LogP contribution in [0.25, 0.3) is 0 Å². The van der Waals surface area contributed by atoms with E-state index >= 15 is 0 Å². The van der Waals surface area contributed by atoms with E-state index in [1.165, 1.54) is 18.3 Å². The van der Waals surface area contributed by atoms with Crippen LogP contribution < -0.4 is 19.2 Å². The molecule has 0 saturated carbocycles. The van der Waals surface area contributed by atoms with E-state index in [0.29, 0.717) is 29.4 Å². The fourth-order valence-corrected chi connectivity index (χ4v) is 5.41. The number of carbonyl (C=O) groups is 1. The van der Waals surface area contributed by atoms with E-state index in [9.17, 15) is 13.2 Å². The Kier molecular flexibility index (Phi) is 9.41. The first-order chi connectivity index (χ1) is 19.7. The van der Waals surface area contributed by atoms with Gasteiger partial charge in [-0.15, -0.1) is 0 Å². The van der Waals surface area contributed by atoms with Crippen molar-refractivity contribution in [1.82, 2.24) is 5.43 Å². The van der Waals surface area contributed by atoms with Crippen LogP contribution in [0.2, 0.25) is 0 Å². The molecule has 0 heterocycles. The van der Waals surface area contributed by atoms with Crippen molar-refractivity contribution in [3.63, 3.8) is 0 Å². The van der Waals surface area contributed by atoms with Crippen LogP contribution in [0.3, 0.4) is 0 Å². The maximum atomic E-state index is 13.6. The van der Waals surface area contributed by atoms with Crippen LogP contribution >= 0.6 is 0 Å². The number of amides is 1. The van der Waals surface area contributed by atoms with E-state index in [1.54, 1.807) is 49.6 Å². The summed E-state index contributed by atoms with van der Waals surface area (Å²) >= 11 is 0. The zero-order valence-corrected chi connectivity index (χ0v) is 24.3. The average Bonchev–Trinajstić information content (AvgIpc) is 2.97. The molecule has 0 aromatic heterocycles. The monoisotopic (exact) mass is 571 g/mol. The number of ether oxygens (including phenoxy) is 2. The highest BCUT2D eigenvalue weighted by molar-refractivity contribution is 7.92. The zero-order valence-electron chi connectivity index (χ0n) is 23.5. The fourth-order valence-electron chi connectivity index (χ4n) is 4.00. The van der Waals surface area contributed by atoms with Crippen LogP contribution in [0.4, 0.5) is 5.69 Å². The molecule has 4 rings (SSSR count). The summed E-state index contributed by atoms with van der Waals surface area (Å²) in [6.07, 6.45) is 1.45. The number of anilines is 1. The third-order valence-electron chi connectivity index (χ3n) is 6.50. The van der Waals surface area contributed by atoms with Gasteiger partial charge in [-0.3, -0.25) is 9.10 Å². The van der Waals surface area contributed by atoms with Crippen molar-refractivity contribution in [1.29, 1.82) is 0 Å². The highest BCUT2D eigenvalue weighted by atomic mass is 32.2. The van der Waals surface area contributed by atoms with Crippen molar-refractivity contribution in [3.05, 3.63) is 119 Å². The van der Waals surface area contributed by atoms with Crippen molar-refractivity contribution >= 4 is 27.8 Å². The van der Waals surface area contributed by atoms with Gasteiger partial charge in [0.2, 0.25) is 0 Å². The summed E-state index contributed by atoms with van der Waals surface area (Å²) in [7, 11) is -2.48. The Balaban J connectivity index is 1.48. The van der Waals surface area contributed by atoms with Crippen molar-refractivity contribution in [3.8, 4) is 11.5 Å². The van der Waals surface area contributed by atoms with Crippen molar-refractivity contribution in [2.75, 3.05) is 18.0 Å². The fraction of sp³-hybridized carbons (Fsp3) is 0.188. The van der Waals surface area contributed by atoms with Gasteiger partial charge in [-0.05, 0) is 85.5 Å². The molecule has 0 spiro atoms. The summed E-state index contributed by atoms with van der Waals surface area (Å²) in [6.45, 7) is 5.65. The Morgan fingerprint density at radius 3 is 2.29 bits per heavy atom. The van der Waals surface area contributed by atoms with Gasteiger partial charge in [0.25, 0.3) is 15.9 Å². The summed E-state index contributed by atoms with van der Waals surface area (Å²) in [5, 5.41) is 4.04. The highest BCUT2D eigenvalue weighted by Gasteiger charge is 2.27. The minimum atomic E-state index is -4.02. The average molecular weight is 572 g/mol. The van der Waals surface area contributed by atoms with Crippen LogP contribution in [0.1, 0.15) is 27.8 Å². The molecule has 41 heavy (non-hydrogen) atoms. The molecule has 8 nitrogen and oxygen atoms in total. The number of rotatable bonds is 11. The quantitative estimate of drug-likeness (QED) is 0.188. The van der Waals surface area contributed by atoms with E-state index in [2.05, 4.69) is 10.5 Å². The topological polar surface area (TPSA) is 97.3 Å². The lowest BCUT2D eigenvalue weighted by molar-refractivity contribution is -0.119. The Morgan fingerprint density at radius 1 is 0.878 bits per heavy atom. The summed E-state index contributed by atoms with van der Waals surface area (Å²) in [4.78, 5) is 13.0. The molecule has 4 aromatic rings. The highest BCUT2D eigenvalue weighted by Crippen LogP contribution is 2.29. The standard InChI is InChI=1S/C32H33N3O5S/c1-23-10-15-29(16-11-23)41(37,38)35(28-14-12-24(2)25(3)18-28)21-32(36)34-33-20-27-13-17-30(31(19-27)39-4)40-22-26-8-6-5-7-9-26/h5-20H,21-22H2,1-4H3,(H,34,36)/b33-20-. The molecule has 0 fully saturated rings. The van der Waals surface area contributed by atoms with Crippen LogP contribution in [-0.4, -0.2) is 34.2 Å². The predicted molar refractivity (Wildman–Crippen MR) is 161 cm³/mol. The molecule has 1 N–H and O–H groups in total. The lowest BCUT2D eigenvalue weighted by Gasteiger charge is -2.24. The first kappa shape index (κ1) is 29.4. The Bertz CT molecular complexity index is 1640. The van der Waals surface area contributed by atoms with Gasteiger partial charge in [-0.25, -0.2) is 13.8 Å². The third kappa shape index (κ3) is 7.52. The zero-order chi connectivity index (χ0) is 29.4. The molecule has 0 radical (unpaired) electrons. The maximum Gasteiger partial charge on any atom is 0.264 e. The number of sulfonamides is 1. The van der Waals surface area contributed by atoms with Gasteiger partial charge >= 0.3 is 0 Å². The van der Waals surface area contributed by atoms with Crippen LogP contribution in [-0.2, 0) is 21.4 Å². The van der Waals surface area contributed by atoms with E-state index in [1.807, 2.05) is 57.2 Å². The van der Waals surface area contributed by atoms with Crippen LogP contribution in [0.5, 0.6) is 11.5 Å². The number of aryl methyl sites for hydroxylation is 3. The molecule has 212 valence electrons. The third-order valence-corrected chi connectivity index (χ3v) is 8.29. The second-order valence-corrected chi connectivity index (χ2v) is 11.4. The van der Waals surface area contributed by atoms with E-state index in [4.69, 9.17) is 9.47 Å². The van der Waals surface area contributed by atoms with E-state index in [-0.39, 0.29) is 4.90 Å². The second-order valence-electron chi connectivity index (χ2n) is 9.57. The minimum Gasteiger partial charge on any atom is -0.493 e. The number of methoxy groups -OCH3 is 1. The lowest BCUT2D eigenvalue weighted by atomic mass is 10.1. The van der Waals surface area contributed by atoms with Gasteiger partial charge in [-0.1, -0.05) is 54.1 Å². The molecule has 0 atom stereocenters. The van der Waals surface area contributed by atoms with Crippen molar-refractivity contribution in [2.45, 2.75) is 32.3 Å². The van der Waals surface area contributed by atoms with Gasteiger partial charge in [0.1, 0.15) is 13.2 Å². The molecule has 9 heteroatoms. The molecule has 0 saturated heterocycles. The first-order valence-corrected chi connectivity index (χ1v) is 14.4.